The van der Waals surface area contributed by atoms with Gasteiger partial charge in [0.15, 0.2) is 0 Å². The Balaban J connectivity index is 1.80. The molecule has 0 bridgehead atoms. The molecule has 78 valence electrons. The third-order valence-electron chi connectivity index (χ3n) is 2.71. The molecule has 1 aliphatic carbocycles. The van der Waals surface area contributed by atoms with E-state index in [-0.39, 0.29) is 5.69 Å². The first-order chi connectivity index (χ1) is 6.74. The highest BCUT2D eigenvalue weighted by Gasteiger charge is 2.20. The zero-order valence-corrected chi connectivity index (χ0v) is 8.05. The van der Waals surface area contributed by atoms with E-state index in [2.05, 4.69) is 15.3 Å². The normalized spacial score (nSPS) is 26.9. The van der Waals surface area contributed by atoms with Crippen LogP contribution in [0.15, 0.2) is 11.0 Å². The van der Waals surface area contributed by atoms with Crippen molar-refractivity contribution in [2.45, 2.75) is 37.9 Å². The van der Waals surface area contributed by atoms with Crippen LogP contribution in [0.2, 0.25) is 0 Å². The lowest BCUT2D eigenvalue weighted by atomic mass is 10.2. The van der Waals surface area contributed by atoms with Crippen LogP contribution in [0, 0.1) is 0 Å². The number of hydrogen-bond donors (Lipinski definition) is 4. The quantitative estimate of drug-likeness (QED) is 0.534. The van der Waals surface area contributed by atoms with Gasteiger partial charge in [-0.3, -0.25) is 0 Å². The number of H-pyrrole nitrogens is 2. The summed E-state index contributed by atoms with van der Waals surface area (Å²) in [7, 11) is 0. The Kier molecular flexibility index (Phi) is 2.69. The molecule has 5 N–H and O–H groups in total. The summed E-state index contributed by atoms with van der Waals surface area (Å²) < 4.78 is 0. The Labute approximate surface area is 82.1 Å². The van der Waals surface area contributed by atoms with Gasteiger partial charge in [0.1, 0.15) is 0 Å². The van der Waals surface area contributed by atoms with Crippen LogP contribution in [0.4, 0.5) is 0 Å². The van der Waals surface area contributed by atoms with Crippen LogP contribution < -0.4 is 16.7 Å². The van der Waals surface area contributed by atoms with E-state index < -0.39 is 0 Å². The summed E-state index contributed by atoms with van der Waals surface area (Å²) >= 11 is 0. The molecule has 0 radical (unpaired) electrons. The second-order valence-corrected chi connectivity index (χ2v) is 3.92. The van der Waals surface area contributed by atoms with E-state index in [4.69, 9.17) is 5.73 Å². The van der Waals surface area contributed by atoms with Crippen LogP contribution in [-0.4, -0.2) is 22.1 Å². The lowest BCUT2D eigenvalue weighted by molar-refractivity contribution is 0.513. The van der Waals surface area contributed by atoms with Crippen molar-refractivity contribution in [1.82, 2.24) is 15.3 Å². The first-order valence-corrected chi connectivity index (χ1v) is 4.99. The Morgan fingerprint density at radius 3 is 3.00 bits per heavy atom. The van der Waals surface area contributed by atoms with Crippen molar-refractivity contribution in [1.29, 1.82) is 0 Å². The summed E-state index contributed by atoms with van der Waals surface area (Å²) in [4.78, 5) is 16.1. The fourth-order valence-electron chi connectivity index (χ4n) is 1.92. The van der Waals surface area contributed by atoms with Crippen LogP contribution in [0.1, 0.15) is 25.0 Å². The van der Waals surface area contributed by atoms with E-state index in [9.17, 15) is 4.79 Å². The van der Waals surface area contributed by atoms with Crippen molar-refractivity contribution in [3.05, 3.63) is 22.4 Å². The second kappa shape index (κ2) is 3.98. The lowest BCUT2D eigenvalue weighted by Gasteiger charge is -2.10. The van der Waals surface area contributed by atoms with Crippen molar-refractivity contribution in [2.75, 3.05) is 0 Å². The highest BCUT2D eigenvalue weighted by Crippen LogP contribution is 2.17. The van der Waals surface area contributed by atoms with Crippen LogP contribution in [0.25, 0.3) is 0 Å². The second-order valence-electron chi connectivity index (χ2n) is 3.92. The summed E-state index contributed by atoms with van der Waals surface area (Å²) in [6, 6.07) is 0.848. The Hall–Kier alpha value is -1.07. The van der Waals surface area contributed by atoms with Crippen molar-refractivity contribution in [2.24, 2.45) is 5.73 Å². The molecule has 2 atom stereocenters. The molecule has 5 nitrogen and oxygen atoms in total. The largest absolute Gasteiger partial charge is 0.328 e. The molecule has 0 saturated heterocycles. The summed E-state index contributed by atoms with van der Waals surface area (Å²) in [5.74, 6) is 0. The highest BCUT2D eigenvalue weighted by atomic mass is 16.1. The summed E-state index contributed by atoms with van der Waals surface area (Å²) in [5.41, 5.74) is 6.54. The lowest BCUT2D eigenvalue weighted by Crippen LogP contribution is -2.28. The molecule has 0 spiro atoms. The summed E-state index contributed by atoms with van der Waals surface area (Å²) in [6.07, 6.45) is 4.97. The zero-order valence-electron chi connectivity index (χ0n) is 8.05. The molecule has 0 amide bonds. The topological polar surface area (TPSA) is 86.7 Å². The maximum atomic E-state index is 10.8. The molecule has 14 heavy (non-hydrogen) atoms. The van der Waals surface area contributed by atoms with Crippen molar-refractivity contribution >= 4 is 0 Å². The molecule has 1 heterocycles. The third-order valence-corrected chi connectivity index (χ3v) is 2.71. The van der Waals surface area contributed by atoms with Gasteiger partial charge in [-0.15, -0.1) is 0 Å². The van der Waals surface area contributed by atoms with Crippen LogP contribution in [0.5, 0.6) is 0 Å². The zero-order chi connectivity index (χ0) is 9.97. The molecule has 1 aromatic heterocycles. The standard InChI is InChI=1S/C9H16N4O/c10-6-1-2-7(3-6)11-4-8-5-12-9(14)13-8/h5-7,11H,1-4,10H2,(H2,12,13,14). The van der Waals surface area contributed by atoms with E-state index in [0.29, 0.717) is 18.6 Å². The smallest absolute Gasteiger partial charge is 0.323 e. The molecule has 0 aliphatic heterocycles. The summed E-state index contributed by atoms with van der Waals surface area (Å²) in [6.45, 7) is 0.704. The molecule has 2 rings (SSSR count). The SMILES string of the molecule is NC1CCC(NCc2c[nH]c(=O)[nH]2)C1. The van der Waals surface area contributed by atoms with Crippen molar-refractivity contribution < 1.29 is 0 Å². The van der Waals surface area contributed by atoms with Gasteiger partial charge in [-0.25, -0.2) is 4.79 Å². The molecule has 5 heteroatoms. The van der Waals surface area contributed by atoms with Crippen LogP contribution in [-0.2, 0) is 6.54 Å². The van der Waals surface area contributed by atoms with E-state index in [1.165, 1.54) is 0 Å². The van der Waals surface area contributed by atoms with E-state index in [0.717, 1.165) is 25.0 Å². The predicted octanol–water partition coefficient (Wildman–Crippen LogP) is -0.328. The van der Waals surface area contributed by atoms with Gasteiger partial charge in [0.05, 0.1) is 0 Å². The Bertz CT molecular complexity index is 343. The molecule has 1 saturated carbocycles. The number of aromatic nitrogens is 2. The van der Waals surface area contributed by atoms with Gasteiger partial charge >= 0.3 is 5.69 Å². The molecule has 1 fully saturated rings. The third kappa shape index (κ3) is 2.24. The molecule has 1 aromatic rings. The fraction of sp³-hybridized carbons (Fsp3) is 0.667. The minimum Gasteiger partial charge on any atom is -0.328 e. The maximum absolute atomic E-state index is 10.8. The van der Waals surface area contributed by atoms with Gasteiger partial charge in [0.2, 0.25) is 0 Å². The summed E-state index contributed by atoms with van der Waals surface area (Å²) in [5, 5.41) is 3.37. The van der Waals surface area contributed by atoms with Crippen molar-refractivity contribution in [3.8, 4) is 0 Å². The van der Waals surface area contributed by atoms with Gasteiger partial charge in [0, 0.05) is 30.5 Å². The molecular weight excluding hydrogens is 180 g/mol. The van der Waals surface area contributed by atoms with Crippen LogP contribution >= 0.6 is 0 Å². The first kappa shape index (κ1) is 9.48. The van der Waals surface area contributed by atoms with E-state index in [1.807, 2.05) is 0 Å². The monoisotopic (exact) mass is 196 g/mol. The van der Waals surface area contributed by atoms with Gasteiger partial charge in [-0.1, -0.05) is 0 Å². The number of imidazole rings is 1. The van der Waals surface area contributed by atoms with E-state index >= 15 is 0 Å². The molecule has 1 aliphatic rings. The van der Waals surface area contributed by atoms with Gasteiger partial charge in [0.25, 0.3) is 0 Å². The molecule has 0 aromatic carbocycles. The van der Waals surface area contributed by atoms with Crippen LogP contribution in [0.3, 0.4) is 0 Å². The van der Waals surface area contributed by atoms with Crippen molar-refractivity contribution in [3.63, 3.8) is 0 Å². The Morgan fingerprint density at radius 2 is 2.43 bits per heavy atom. The molecular formula is C9H16N4O. The average molecular weight is 196 g/mol. The van der Waals surface area contributed by atoms with E-state index in [1.54, 1.807) is 6.20 Å². The number of nitrogens with one attached hydrogen (secondary N) is 3. The highest BCUT2D eigenvalue weighted by molar-refractivity contribution is 4.95. The molecule has 2 unspecified atom stereocenters. The number of hydrogen-bond acceptors (Lipinski definition) is 3. The number of nitrogens with two attached hydrogens (primary N) is 1. The van der Waals surface area contributed by atoms with Gasteiger partial charge in [-0.05, 0) is 19.3 Å². The predicted molar refractivity (Wildman–Crippen MR) is 53.9 cm³/mol. The number of aromatic amines is 2. The first-order valence-electron chi connectivity index (χ1n) is 4.99. The fourth-order valence-corrected chi connectivity index (χ4v) is 1.92. The maximum Gasteiger partial charge on any atom is 0.323 e. The minimum atomic E-state index is -0.148. The minimum absolute atomic E-state index is 0.148. The number of rotatable bonds is 3. The van der Waals surface area contributed by atoms with Gasteiger partial charge < -0.3 is 21.0 Å². The average Bonchev–Trinajstić information content (AvgIpc) is 2.72. The van der Waals surface area contributed by atoms with Gasteiger partial charge in [-0.2, -0.15) is 0 Å². The Morgan fingerprint density at radius 1 is 1.57 bits per heavy atom.